The molecule has 17 rings (SSSR count). The van der Waals surface area contributed by atoms with Gasteiger partial charge in [0.1, 0.15) is 0 Å². The standard InChI is InChI=1S/C76H48N6/c1-3-20-49(21-4-1)63-34-18-36-65(77-63)51-24-15-26-53(46-51)79-69-40-13-9-32-61(69)73-71(79)44-42-60-58-31-8-12-39-68(58)82(76(60)73)56-29-17-28-55(48-56)80-70-41-14-10-33-62(70)74-72(80)45-43-59-57-30-7-11-38-67(57)81(75(59)74)54-27-16-25-52(47-54)66-37-19-35-64(78-66)50-22-5-2-6-23-50/h1-48H. The van der Waals surface area contributed by atoms with Crippen molar-refractivity contribution in [2.75, 3.05) is 0 Å². The van der Waals surface area contributed by atoms with E-state index in [0.29, 0.717) is 0 Å². The molecular weight excluding hydrogens is 997 g/mol. The highest BCUT2D eigenvalue weighted by molar-refractivity contribution is 6.28. The molecule has 0 spiro atoms. The zero-order valence-electron chi connectivity index (χ0n) is 44.4. The summed E-state index contributed by atoms with van der Waals surface area (Å²) in [5.74, 6) is 0. The van der Waals surface area contributed by atoms with Gasteiger partial charge in [-0.1, -0.05) is 188 Å². The maximum Gasteiger partial charge on any atom is 0.0710 e. The Morgan fingerprint density at radius 2 is 0.512 bits per heavy atom. The van der Waals surface area contributed by atoms with Crippen LogP contribution < -0.4 is 0 Å². The van der Waals surface area contributed by atoms with Crippen molar-refractivity contribution in [3.8, 4) is 67.8 Å². The van der Waals surface area contributed by atoms with Crippen molar-refractivity contribution >= 4 is 87.2 Å². The van der Waals surface area contributed by atoms with Crippen LogP contribution in [-0.2, 0) is 0 Å². The Bertz CT molecular complexity index is 5410. The van der Waals surface area contributed by atoms with Gasteiger partial charge in [0.2, 0.25) is 0 Å². The minimum Gasteiger partial charge on any atom is -0.309 e. The monoisotopic (exact) mass is 1040 g/mol. The number of benzene rings is 11. The van der Waals surface area contributed by atoms with Crippen molar-refractivity contribution in [3.63, 3.8) is 0 Å². The molecule has 6 heteroatoms. The van der Waals surface area contributed by atoms with Gasteiger partial charge < -0.3 is 18.3 Å². The third kappa shape index (κ3) is 7.01. The van der Waals surface area contributed by atoms with Gasteiger partial charge in [0.25, 0.3) is 0 Å². The van der Waals surface area contributed by atoms with Crippen LogP contribution in [0.15, 0.2) is 291 Å². The Hall–Kier alpha value is -11.1. The molecule has 0 amide bonds. The number of pyridine rings is 2. The quantitative estimate of drug-likeness (QED) is 0.152. The largest absolute Gasteiger partial charge is 0.309 e. The average Bonchev–Trinajstić information content (AvgIpc) is 4.06. The number of hydrogen-bond donors (Lipinski definition) is 0. The fraction of sp³-hybridized carbons (Fsp3) is 0. The number of fused-ring (bicyclic) bond motifs is 14. The third-order valence-corrected chi connectivity index (χ3v) is 16.7. The van der Waals surface area contributed by atoms with Gasteiger partial charge in [-0.15, -0.1) is 0 Å². The first-order valence-electron chi connectivity index (χ1n) is 28.0. The summed E-state index contributed by atoms with van der Waals surface area (Å²) in [4.78, 5) is 10.4. The minimum absolute atomic E-state index is 0.935. The Kier molecular flexibility index (Phi) is 10.2. The maximum atomic E-state index is 5.19. The Balaban J connectivity index is 0.857. The van der Waals surface area contributed by atoms with Crippen LogP contribution in [0.5, 0.6) is 0 Å². The lowest BCUT2D eigenvalue weighted by Gasteiger charge is -2.14. The van der Waals surface area contributed by atoms with Gasteiger partial charge in [0, 0.05) is 88.1 Å². The fourth-order valence-corrected chi connectivity index (χ4v) is 13.2. The molecule has 6 nitrogen and oxygen atoms in total. The lowest BCUT2D eigenvalue weighted by atomic mass is 10.1. The third-order valence-electron chi connectivity index (χ3n) is 16.7. The molecule has 0 N–H and O–H groups in total. The van der Waals surface area contributed by atoms with E-state index in [4.69, 9.17) is 9.97 Å². The summed E-state index contributed by atoms with van der Waals surface area (Å²) >= 11 is 0. The number of hydrogen-bond acceptors (Lipinski definition) is 2. The molecule has 11 aromatic carbocycles. The summed E-state index contributed by atoms with van der Waals surface area (Å²) < 4.78 is 9.88. The molecular formula is C76H48N6. The van der Waals surface area contributed by atoms with E-state index >= 15 is 0 Å². The van der Waals surface area contributed by atoms with Crippen LogP contribution in [0, 0.1) is 0 Å². The Morgan fingerprint density at radius 1 is 0.195 bits per heavy atom. The van der Waals surface area contributed by atoms with Gasteiger partial charge in [-0.2, -0.15) is 0 Å². The highest BCUT2D eigenvalue weighted by Gasteiger charge is 2.24. The molecule has 0 aliphatic rings. The second kappa shape index (κ2) is 18.2. The molecule has 6 heterocycles. The van der Waals surface area contributed by atoms with E-state index < -0.39 is 0 Å². The van der Waals surface area contributed by atoms with Crippen molar-refractivity contribution < 1.29 is 0 Å². The number of rotatable bonds is 8. The van der Waals surface area contributed by atoms with Crippen LogP contribution in [0.2, 0.25) is 0 Å². The van der Waals surface area contributed by atoms with Crippen molar-refractivity contribution in [3.05, 3.63) is 291 Å². The van der Waals surface area contributed by atoms with Gasteiger partial charge in [-0.05, 0) is 103 Å². The van der Waals surface area contributed by atoms with E-state index in [1.165, 1.54) is 54.1 Å². The number of para-hydroxylation sites is 4. The van der Waals surface area contributed by atoms with Crippen LogP contribution in [-0.4, -0.2) is 28.2 Å². The second-order valence-corrected chi connectivity index (χ2v) is 21.3. The predicted molar refractivity (Wildman–Crippen MR) is 341 cm³/mol. The number of nitrogens with zero attached hydrogens (tertiary/aromatic N) is 6. The van der Waals surface area contributed by atoms with Crippen molar-refractivity contribution in [2.24, 2.45) is 0 Å². The average molecular weight is 1050 g/mol. The van der Waals surface area contributed by atoms with Gasteiger partial charge in [0.05, 0.1) is 66.9 Å². The van der Waals surface area contributed by atoms with Gasteiger partial charge in [0.15, 0.2) is 0 Å². The molecule has 17 aromatic rings. The summed E-state index contributed by atoms with van der Waals surface area (Å²) in [6, 6.07) is 105. The second-order valence-electron chi connectivity index (χ2n) is 21.3. The molecule has 6 aromatic heterocycles. The van der Waals surface area contributed by atoms with Crippen LogP contribution in [0.25, 0.3) is 155 Å². The summed E-state index contributed by atoms with van der Waals surface area (Å²) in [6.07, 6.45) is 0. The molecule has 0 unspecified atom stereocenters. The summed E-state index contributed by atoms with van der Waals surface area (Å²) in [7, 11) is 0. The van der Waals surface area contributed by atoms with Crippen LogP contribution in [0.1, 0.15) is 0 Å². The minimum atomic E-state index is 0.935. The zero-order chi connectivity index (χ0) is 53.8. The smallest absolute Gasteiger partial charge is 0.0710 e. The lowest BCUT2D eigenvalue weighted by Crippen LogP contribution is -1.99. The predicted octanol–water partition coefficient (Wildman–Crippen LogP) is 19.5. The van der Waals surface area contributed by atoms with E-state index in [-0.39, 0.29) is 0 Å². The van der Waals surface area contributed by atoms with Crippen molar-refractivity contribution in [2.45, 2.75) is 0 Å². The van der Waals surface area contributed by atoms with Crippen LogP contribution in [0.3, 0.4) is 0 Å². The van der Waals surface area contributed by atoms with E-state index in [1.54, 1.807) is 0 Å². The maximum absolute atomic E-state index is 5.19. The zero-order valence-corrected chi connectivity index (χ0v) is 44.4. The normalized spacial score (nSPS) is 11.9. The highest BCUT2D eigenvalue weighted by Crippen LogP contribution is 2.45. The fourth-order valence-electron chi connectivity index (χ4n) is 13.2. The van der Waals surface area contributed by atoms with Gasteiger partial charge in [-0.3, -0.25) is 0 Å². The molecule has 0 saturated heterocycles. The van der Waals surface area contributed by atoms with Crippen LogP contribution >= 0.6 is 0 Å². The molecule has 0 aliphatic carbocycles. The summed E-state index contributed by atoms with van der Waals surface area (Å²) in [5.41, 5.74) is 21.7. The molecule has 0 atom stereocenters. The molecule has 82 heavy (non-hydrogen) atoms. The molecule has 0 aliphatic heterocycles. The molecule has 0 radical (unpaired) electrons. The van der Waals surface area contributed by atoms with Gasteiger partial charge in [-0.25, -0.2) is 9.97 Å². The first kappa shape index (κ1) is 45.9. The van der Waals surface area contributed by atoms with E-state index in [9.17, 15) is 0 Å². The molecule has 0 saturated carbocycles. The topological polar surface area (TPSA) is 45.5 Å². The first-order valence-corrected chi connectivity index (χ1v) is 28.0. The van der Waals surface area contributed by atoms with Crippen LogP contribution in [0.4, 0.5) is 0 Å². The van der Waals surface area contributed by atoms with Gasteiger partial charge >= 0.3 is 0 Å². The van der Waals surface area contributed by atoms with E-state index in [1.807, 2.05) is 12.1 Å². The lowest BCUT2D eigenvalue weighted by molar-refractivity contribution is 1.14. The molecule has 382 valence electrons. The highest BCUT2D eigenvalue weighted by atomic mass is 15.0. The van der Waals surface area contributed by atoms with E-state index in [0.717, 1.165) is 101 Å². The number of aromatic nitrogens is 6. The summed E-state index contributed by atoms with van der Waals surface area (Å²) in [5, 5.41) is 9.66. The first-order chi connectivity index (χ1) is 40.7. The molecule has 0 fully saturated rings. The van der Waals surface area contributed by atoms with E-state index in [2.05, 4.69) is 297 Å². The Labute approximate surface area is 471 Å². The summed E-state index contributed by atoms with van der Waals surface area (Å²) in [6.45, 7) is 0. The SMILES string of the molecule is c1ccc(-c2cccc(-c3cccc(-n4c5ccccc5c5c4ccc4c6ccccc6n(-c6cccc(-n7c8ccccc8c8c7ccc7c9ccccc9n(-c9cccc(-c%10cccc(-c%11ccccc%11)n%10)c9)c78)c6)c45)c3)n2)cc1. The Morgan fingerprint density at radius 3 is 0.963 bits per heavy atom. The molecule has 0 bridgehead atoms. The van der Waals surface area contributed by atoms with Crippen molar-refractivity contribution in [1.82, 2.24) is 28.2 Å². The van der Waals surface area contributed by atoms with Crippen molar-refractivity contribution in [1.29, 1.82) is 0 Å².